The molecule has 0 bridgehead atoms. The summed E-state index contributed by atoms with van der Waals surface area (Å²) in [5, 5.41) is 2.59. The van der Waals surface area contributed by atoms with E-state index in [4.69, 9.17) is 0 Å². The third-order valence-electron chi connectivity index (χ3n) is 2.02. The molecule has 0 aliphatic carbocycles. The van der Waals surface area contributed by atoms with Gasteiger partial charge in [-0.25, -0.2) is 13.1 Å². The Balaban J connectivity index is 3.43. The number of amides is 1. The smallest absolute Gasteiger partial charge is 0.235 e. The van der Waals surface area contributed by atoms with Crippen molar-refractivity contribution in [1.82, 2.24) is 10.0 Å². The van der Waals surface area contributed by atoms with Crippen LogP contribution in [0.5, 0.6) is 0 Å². The van der Waals surface area contributed by atoms with Crippen LogP contribution in [0.1, 0.15) is 32.6 Å². The van der Waals surface area contributed by atoms with Gasteiger partial charge >= 0.3 is 0 Å². The second-order valence-electron chi connectivity index (χ2n) is 3.96. The molecule has 17 heavy (non-hydrogen) atoms. The van der Waals surface area contributed by atoms with Gasteiger partial charge in [-0.1, -0.05) is 6.42 Å². The summed E-state index contributed by atoms with van der Waals surface area (Å²) in [4.78, 5) is 21.8. The first kappa shape index (κ1) is 16.1. The van der Waals surface area contributed by atoms with E-state index in [1.165, 1.54) is 0 Å². The fourth-order valence-electron chi connectivity index (χ4n) is 1.16. The Bertz CT molecular complexity index is 351. The summed E-state index contributed by atoms with van der Waals surface area (Å²) in [5.41, 5.74) is 0. The van der Waals surface area contributed by atoms with Gasteiger partial charge in [0.05, 0.1) is 12.8 Å². The van der Waals surface area contributed by atoms with Gasteiger partial charge in [0.2, 0.25) is 15.9 Å². The molecule has 0 aromatic carbocycles. The van der Waals surface area contributed by atoms with Gasteiger partial charge in [-0.15, -0.1) is 0 Å². The number of ketones is 1. The van der Waals surface area contributed by atoms with Crippen LogP contribution in [0, 0.1) is 0 Å². The maximum absolute atomic E-state index is 11.1. The second-order valence-corrected chi connectivity index (χ2v) is 5.79. The highest BCUT2D eigenvalue weighted by molar-refractivity contribution is 7.88. The van der Waals surface area contributed by atoms with E-state index in [9.17, 15) is 18.0 Å². The third kappa shape index (κ3) is 13.0. The number of nitrogens with one attached hydrogen (secondary N) is 2. The molecular formula is C10H20N2O4S. The first-order valence-electron chi connectivity index (χ1n) is 5.52. The molecule has 6 nitrogen and oxygen atoms in total. The molecular weight excluding hydrogens is 244 g/mol. The Kier molecular flexibility index (Phi) is 7.73. The van der Waals surface area contributed by atoms with E-state index in [2.05, 4.69) is 10.0 Å². The molecule has 0 radical (unpaired) electrons. The Hall–Kier alpha value is -0.950. The number of rotatable bonds is 9. The molecule has 2 N–H and O–H groups in total. The lowest BCUT2D eigenvalue weighted by Gasteiger charge is -2.05. The monoisotopic (exact) mass is 264 g/mol. The summed E-state index contributed by atoms with van der Waals surface area (Å²) in [5.74, 6) is -0.173. The first-order valence-corrected chi connectivity index (χ1v) is 7.41. The van der Waals surface area contributed by atoms with E-state index in [0.717, 1.165) is 25.5 Å². The minimum absolute atomic E-state index is 0.173. The van der Waals surface area contributed by atoms with E-state index in [1.807, 2.05) is 0 Å². The Labute approximate surface area is 102 Å². The highest BCUT2D eigenvalue weighted by Gasteiger charge is 2.05. The molecule has 7 heteroatoms. The van der Waals surface area contributed by atoms with Crippen molar-refractivity contribution >= 4 is 21.7 Å². The molecule has 0 saturated heterocycles. The van der Waals surface area contributed by atoms with E-state index >= 15 is 0 Å². The number of carbonyl (C=O) groups excluding carboxylic acids is 2. The van der Waals surface area contributed by atoms with Crippen molar-refractivity contribution in [3.8, 4) is 0 Å². The number of sulfonamides is 1. The molecule has 0 rings (SSSR count). The Morgan fingerprint density at radius 1 is 1.12 bits per heavy atom. The highest BCUT2D eigenvalue weighted by Crippen LogP contribution is 1.99. The summed E-state index contributed by atoms with van der Waals surface area (Å²) in [6.07, 6.45) is 4.07. The molecule has 100 valence electrons. The van der Waals surface area contributed by atoms with Gasteiger partial charge in [0, 0.05) is 13.0 Å². The largest absolute Gasteiger partial charge is 0.355 e. The maximum atomic E-state index is 11.1. The molecule has 0 aromatic rings. The summed E-state index contributed by atoms with van der Waals surface area (Å²) >= 11 is 0. The third-order valence-corrected chi connectivity index (χ3v) is 2.69. The lowest BCUT2D eigenvalue weighted by Crippen LogP contribution is -2.36. The molecule has 0 aliphatic heterocycles. The SMILES string of the molecule is CC(=O)CCCCCNC(=O)CNS(C)(=O)=O. The minimum atomic E-state index is -3.32. The van der Waals surface area contributed by atoms with Crippen molar-refractivity contribution in [1.29, 1.82) is 0 Å². The summed E-state index contributed by atoms with van der Waals surface area (Å²) in [7, 11) is -3.32. The fraction of sp³-hybridized carbons (Fsp3) is 0.800. The quantitative estimate of drug-likeness (QED) is 0.564. The van der Waals surface area contributed by atoms with Crippen LogP contribution >= 0.6 is 0 Å². The van der Waals surface area contributed by atoms with Crippen molar-refractivity contribution in [3.05, 3.63) is 0 Å². The van der Waals surface area contributed by atoms with Crippen LogP contribution in [0.4, 0.5) is 0 Å². The topological polar surface area (TPSA) is 92.3 Å². The van der Waals surface area contributed by atoms with Crippen LogP contribution in [0.25, 0.3) is 0 Å². The number of hydrogen-bond acceptors (Lipinski definition) is 4. The molecule has 0 aliphatic rings. The van der Waals surface area contributed by atoms with E-state index in [1.54, 1.807) is 6.92 Å². The van der Waals surface area contributed by atoms with E-state index < -0.39 is 10.0 Å². The van der Waals surface area contributed by atoms with Crippen LogP contribution < -0.4 is 10.0 Å². The highest BCUT2D eigenvalue weighted by atomic mass is 32.2. The molecule has 0 saturated carbocycles. The molecule has 1 amide bonds. The van der Waals surface area contributed by atoms with Gasteiger partial charge in [0.1, 0.15) is 5.78 Å². The van der Waals surface area contributed by atoms with E-state index in [-0.39, 0.29) is 18.2 Å². The average molecular weight is 264 g/mol. The average Bonchev–Trinajstić information content (AvgIpc) is 2.19. The van der Waals surface area contributed by atoms with E-state index in [0.29, 0.717) is 13.0 Å². The lowest BCUT2D eigenvalue weighted by atomic mass is 10.1. The van der Waals surface area contributed by atoms with Crippen molar-refractivity contribution < 1.29 is 18.0 Å². The second kappa shape index (κ2) is 8.19. The zero-order valence-corrected chi connectivity index (χ0v) is 11.1. The van der Waals surface area contributed by atoms with Gasteiger partial charge in [-0.2, -0.15) is 0 Å². The number of hydrogen-bond donors (Lipinski definition) is 2. The standard InChI is InChI=1S/C10H20N2O4S/c1-9(13)6-4-3-5-7-11-10(14)8-12-17(2,15)16/h12H,3-8H2,1-2H3,(H,11,14). The van der Waals surface area contributed by atoms with Gasteiger partial charge in [0.25, 0.3) is 0 Å². The summed E-state index contributed by atoms with van der Waals surface area (Å²) in [6.45, 7) is 1.83. The number of unbranched alkanes of at least 4 members (excludes halogenated alkanes) is 2. The van der Waals surface area contributed by atoms with Crippen LogP contribution in [-0.2, 0) is 19.6 Å². The zero-order valence-electron chi connectivity index (χ0n) is 10.3. The van der Waals surface area contributed by atoms with Crippen molar-refractivity contribution in [2.75, 3.05) is 19.3 Å². The molecule has 0 fully saturated rings. The number of carbonyl (C=O) groups is 2. The van der Waals surface area contributed by atoms with Crippen molar-refractivity contribution in [3.63, 3.8) is 0 Å². The van der Waals surface area contributed by atoms with Crippen LogP contribution in [0.3, 0.4) is 0 Å². The Morgan fingerprint density at radius 3 is 2.29 bits per heavy atom. The van der Waals surface area contributed by atoms with Gasteiger partial charge < -0.3 is 10.1 Å². The summed E-state index contributed by atoms with van der Waals surface area (Å²) in [6, 6.07) is 0. The van der Waals surface area contributed by atoms with Crippen LogP contribution in [-0.4, -0.2) is 39.5 Å². The fourth-order valence-corrected chi connectivity index (χ4v) is 1.56. The molecule has 0 spiro atoms. The van der Waals surface area contributed by atoms with Crippen LogP contribution in [0.15, 0.2) is 0 Å². The molecule has 0 atom stereocenters. The van der Waals surface area contributed by atoms with Crippen molar-refractivity contribution in [2.45, 2.75) is 32.6 Å². The summed E-state index contributed by atoms with van der Waals surface area (Å²) < 4.78 is 23.5. The molecule has 0 heterocycles. The predicted molar refractivity (Wildman–Crippen MR) is 65.0 cm³/mol. The maximum Gasteiger partial charge on any atom is 0.235 e. The minimum Gasteiger partial charge on any atom is -0.355 e. The first-order chi connectivity index (χ1) is 7.81. The van der Waals surface area contributed by atoms with Crippen LogP contribution in [0.2, 0.25) is 0 Å². The lowest BCUT2D eigenvalue weighted by molar-refractivity contribution is -0.120. The number of Topliss-reactive ketones (excluding diaryl/α,β-unsaturated/α-hetero) is 1. The molecule has 0 aromatic heterocycles. The Morgan fingerprint density at radius 2 is 1.76 bits per heavy atom. The van der Waals surface area contributed by atoms with Gasteiger partial charge in [0.15, 0.2) is 0 Å². The normalized spacial score (nSPS) is 11.2. The van der Waals surface area contributed by atoms with Gasteiger partial charge in [-0.05, 0) is 19.8 Å². The zero-order chi connectivity index (χ0) is 13.3. The van der Waals surface area contributed by atoms with Crippen molar-refractivity contribution in [2.24, 2.45) is 0 Å². The molecule has 0 unspecified atom stereocenters. The predicted octanol–water partition coefficient (Wildman–Crippen LogP) is -0.199. The van der Waals surface area contributed by atoms with Gasteiger partial charge in [-0.3, -0.25) is 4.79 Å².